The van der Waals surface area contributed by atoms with Gasteiger partial charge in [-0.3, -0.25) is 0 Å². The molecule has 4 unspecified atom stereocenters. The third-order valence-electron chi connectivity index (χ3n) is 4.33. The molecule has 80 valence electrons. The van der Waals surface area contributed by atoms with Crippen LogP contribution in [-0.4, -0.2) is 24.8 Å². The molecule has 3 aliphatic heterocycles. The number of nitrogens with one attached hydrogen (secondary N) is 1. The zero-order chi connectivity index (χ0) is 9.38. The third kappa shape index (κ3) is 1.59. The molecule has 3 saturated heterocycles. The second kappa shape index (κ2) is 3.82. The van der Waals surface area contributed by atoms with Crippen molar-refractivity contribution < 1.29 is 4.74 Å². The lowest BCUT2D eigenvalue weighted by atomic mass is 9.84. The van der Waals surface area contributed by atoms with E-state index in [0.717, 1.165) is 24.6 Å². The molecule has 0 radical (unpaired) electrons. The van der Waals surface area contributed by atoms with Crippen molar-refractivity contribution in [2.24, 2.45) is 5.92 Å². The van der Waals surface area contributed by atoms with Gasteiger partial charge in [-0.1, -0.05) is 0 Å². The summed E-state index contributed by atoms with van der Waals surface area (Å²) >= 11 is 0. The van der Waals surface area contributed by atoms with Crippen LogP contribution in [0.4, 0.5) is 0 Å². The molecule has 1 N–H and O–H groups in total. The highest BCUT2D eigenvalue weighted by Crippen LogP contribution is 2.36. The summed E-state index contributed by atoms with van der Waals surface area (Å²) < 4.78 is 5.93. The normalized spacial score (nSPS) is 48.0. The molecule has 0 spiro atoms. The summed E-state index contributed by atoms with van der Waals surface area (Å²) in [6.07, 6.45) is 10.2. The smallest absolute Gasteiger partial charge is 0.0618 e. The molecule has 0 aromatic heterocycles. The first-order valence-corrected chi connectivity index (χ1v) is 6.31. The molecule has 2 heteroatoms. The summed E-state index contributed by atoms with van der Waals surface area (Å²) in [5.74, 6) is 0.828. The summed E-state index contributed by atoms with van der Waals surface area (Å²) in [6, 6.07) is 1.64. The van der Waals surface area contributed by atoms with Crippen LogP contribution in [0.2, 0.25) is 0 Å². The summed E-state index contributed by atoms with van der Waals surface area (Å²) in [6.45, 7) is 1.01. The van der Waals surface area contributed by atoms with E-state index >= 15 is 0 Å². The molecule has 2 nitrogen and oxygen atoms in total. The molecule has 3 aliphatic rings. The summed E-state index contributed by atoms with van der Waals surface area (Å²) in [5, 5.41) is 3.76. The van der Waals surface area contributed by atoms with Gasteiger partial charge in [-0.15, -0.1) is 0 Å². The topological polar surface area (TPSA) is 21.3 Å². The summed E-state index contributed by atoms with van der Waals surface area (Å²) in [4.78, 5) is 0. The Bertz CT molecular complexity index is 200. The van der Waals surface area contributed by atoms with Crippen molar-refractivity contribution in [3.8, 4) is 0 Å². The Labute approximate surface area is 86.4 Å². The molecule has 0 amide bonds. The number of fused-ring (bicyclic) bond motifs is 2. The Morgan fingerprint density at radius 1 is 0.929 bits per heavy atom. The SMILES string of the molecule is C1CCC(C2CCC3CCC2N3)OC1. The number of hydrogen-bond acceptors (Lipinski definition) is 2. The van der Waals surface area contributed by atoms with Gasteiger partial charge in [0.05, 0.1) is 6.10 Å². The first-order valence-electron chi connectivity index (χ1n) is 6.31. The Hall–Kier alpha value is -0.0800. The summed E-state index contributed by atoms with van der Waals surface area (Å²) in [5.41, 5.74) is 0. The van der Waals surface area contributed by atoms with Crippen LogP contribution in [0, 0.1) is 5.92 Å². The predicted octanol–water partition coefficient (Wildman–Crippen LogP) is 2.09. The average molecular weight is 195 g/mol. The standard InChI is InChI=1S/C12H21NO/c1-2-8-14-12(3-1)10-6-4-9-5-7-11(10)13-9/h9-13H,1-8H2. The lowest BCUT2D eigenvalue weighted by Crippen LogP contribution is -2.46. The third-order valence-corrected chi connectivity index (χ3v) is 4.33. The highest BCUT2D eigenvalue weighted by Gasteiger charge is 2.39. The lowest BCUT2D eigenvalue weighted by molar-refractivity contribution is -0.0370. The van der Waals surface area contributed by atoms with E-state index < -0.39 is 0 Å². The van der Waals surface area contributed by atoms with Gasteiger partial charge in [0, 0.05) is 24.6 Å². The maximum absolute atomic E-state index is 5.93. The van der Waals surface area contributed by atoms with Crippen LogP contribution in [-0.2, 0) is 4.74 Å². The minimum Gasteiger partial charge on any atom is -0.378 e. The van der Waals surface area contributed by atoms with E-state index in [1.54, 1.807) is 0 Å². The van der Waals surface area contributed by atoms with Crippen molar-refractivity contribution >= 4 is 0 Å². The second-order valence-electron chi connectivity index (χ2n) is 5.19. The number of rotatable bonds is 1. The molecule has 3 heterocycles. The molecule has 4 atom stereocenters. The van der Waals surface area contributed by atoms with E-state index in [1.165, 1.54) is 44.9 Å². The van der Waals surface area contributed by atoms with Crippen LogP contribution < -0.4 is 5.32 Å². The Balaban J connectivity index is 1.65. The molecule has 2 bridgehead atoms. The number of ether oxygens (including phenoxy) is 1. The lowest BCUT2D eigenvalue weighted by Gasteiger charge is -2.37. The Morgan fingerprint density at radius 3 is 2.71 bits per heavy atom. The molecule has 0 aliphatic carbocycles. The average Bonchev–Trinajstić information content (AvgIpc) is 2.62. The van der Waals surface area contributed by atoms with E-state index in [1.807, 2.05) is 0 Å². The van der Waals surface area contributed by atoms with Gasteiger partial charge in [0.2, 0.25) is 0 Å². The number of hydrogen-bond donors (Lipinski definition) is 1. The minimum absolute atomic E-state index is 0.584. The van der Waals surface area contributed by atoms with Crippen LogP contribution in [0.25, 0.3) is 0 Å². The van der Waals surface area contributed by atoms with Crippen molar-refractivity contribution in [3.63, 3.8) is 0 Å². The molecule has 0 saturated carbocycles. The first-order chi connectivity index (χ1) is 6.93. The largest absolute Gasteiger partial charge is 0.378 e. The van der Waals surface area contributed by atoms with Gasteiger partial charge in [0.25, 0.3) is 0 Å². The molecule has 14 heavy (non-hydrogen) atoms. The van der Waals surface area contributed by atoms with E-state index in [-0.39, 0.29) is 0 Å². The molecular formula is C12H21NO. The second-order valence-corrected chi connectivity index (χ2v) is 5.19. The van der Waals surface area contributed by atoms with Gasteiger partial charge in [-0.2, -0.15) is 0 Å². The van der Waals surface area contributed by atoms with Crippen LogP contribution in [0.5, 0.6) is 0 Å². The maximum atomic E-state index is 5.93. The van der Waals surface area contributed by atoms with Crippen LogP contribution >= 0.6 is 0 Å². The Morgan fingerprint density at radius 2 is 1.86 bits per heavy atom. The van der Waals surface area contributed by atoms with Crippen molar-refractivity contribution in [2.45, 2.75) is 63.1 Å². The van der Waals surface area contributed by atoms with Gasteiger partial charge >= 0.3 is 0 Å². The van der Waals surface area contributed by atoms with Gasteiger partial charge in [0.15, 0.2) is 0 Å². The highest BCUT2D eigenvalue weighted by molar-refractivity contribution is 4.96. The van der Waals surface area contributed by atoms with Crippen molar-refractivity contribution in [1.82, 2.24) is 5.32 Å². The molecule has 0 aromatic rings. The monoisotopic (exact) mass is 195 g/mol. The molecule has 3 rings (SSSR count). The molecule has 0 aromatic carbocycles. The maximum Gasteiger partial charge on any atom is 0.0618 e. The quantitative estimate of drug-likeness (QED) is 0.691. The van der Waals surface area contributed by atoms with Crippen LogP contribution in [0.3, 0.4) is 0 Å². The molecule has 3 fully saturated rings. The Kier molecular flexibility index (Phi) is 2.50. The van der Waals surface area contributed by atoms with E-state index in [4.69, 9.17) is 4.74 Å². The van der Waals surface area contributed by atoms with E-state index in [9.17, 15) is 0 Å². The van der Waals surface area contributed by atoms with Gasteiger partial charge < -0.3 is 10.1 Å². The fraction of sp³-hybridized carbons (Fsp3) is 1.00. The van der Waals surface area contributed by atoms with Crippen LogP contribution in [0.15, 0.2) is 0 Å². The zero-order valence-corrected chi connectivity index (χ0v) is 8.87. The zero-order valence-electron chi connectivity index (χ0n) is 8.87. The van der Waals surface area contributed by atoms with Gasteiger partial charge in [-0.05, 0) is 44.9 Å². The predicted molar refractivity (Wildman–Crippen MR) is 56.3 cm³/mol. The summed E-state index contributed by atoms with van der Waals surface area (Å²) in [7, 11) is 0. The molecular weight excluding hydrogens is 174 g/mol. The van der Waals surface area contributed by atoms with Gasteiger partial charge in [0.1, 0.15) is 0 Å². The van der Waals surface area contributed by atoms with Crippen molar-refractivity contribution in [1.29, 1.82) is 0 Å². The van der Waals surface area contributed by atoms with Crippen molar-refractivity contribution in [2.75, 3.05) is 6.61 Å². The van der Waals surface area contributed by atoms with Crippen molar-refractivity contribution in [3.05, 3.63) is 0 Å². The van der Waals surface area contributed by atoms with E-state index in [0.29, 0.717) is 6.10 Å². The van der Waals surface area contributed by atoms with E-state index in [2.05, 4.69) is 5.32 Å². The van der Waals surface area contributed by atoms with Crippen LogP contribution in [0.1, 0.15) is 44.9 Å². The highest BCUT2D eigenvalue weighted by atomic mass is 16.5. The fourth-order valence-corrected chi connectivity index (χ4v) is 3.56. The number of piperidine rings is 1. The minimum atomic E-state index is 0.584. The fourth-order valence-electron chi connectivity index (χ4n) is 3.56. The van der Waals surface area contributed by atoms with Gasteiger partial charge in [-0.25, -0.2) is 0 Å². The first kappa shape index (κ1) is 9.17.